The van der Waals surface area contributed by atoms with Crippen LogP contribution in [0.5, 0.6) is 0 Å². The monoisotopic (exact) mass is 362 g/mol. The van der Waals surface area contributed by atoms with Crippen LogP contribution in [0.2, 0.25) is 0 Å². The normalized spacial score (nSPS) is 21.5. The van der Waals surface area contributed by atoms with Gasteiger partial charge in [0.05, 0.1) is 17.3 Å². The van der Waals surface area contributed by atoms with Gasteiger partial charge in [0.2, 0.25) is 0 Å². The Kier molecular flexibility index (Phi) is 8.32. The third-order valence-corrected chi connectivity index (χ3v) is 5.38. The lowest BCUT2D eigenvalue weighted by Gasteiger charge is -2.28. The molecule has 1 aromatic rings. The average molecular weight is 363 g/mol. The molecule has 0 radical (unpaired) electrons. The first-order valence-corrected chi connectivity index (χ1v) is 9.89. The summed E-state index contributed by atoms with van der Waals surface area (Å²) in [4.78, 5) is 16.7. The standard InChI is InChI=1S/C20H30N2O2S/c1-2-3-4-7-15-9-11-16(12-10-15)14-24-20(23)18(19(21)25)17-8-5-6-13-22-17/h5-6,8,13,15-16,18H,2-4,7,9-12,14H2,1H3,(H2,21,25)/t15-,16-,18?. The van der Waals surface area contributed by atoms with E-state index in [1.165, 1.54) is 38.5 Å². The van der Waals surface area contributed by atoms with E-state index in [4.69, 9.17) is 22.7 Å². The fourth-order valence-electron chi connectivity index (χ4n) is 3.58. The van der Waals surface area contributed by atoms with Crippen LogP contribution in [0.15, 0.2) is 24.4 Å². The molecule has 5 heteroatoms. The second kappa shape index (κ2) is 10.5. The molecule has 1 atom stereocenters. The minimum atomic E-state index is -0.749. The number of rotatable bonds is 9. The maximum atomic E-state index is 12.4. The van der Waals surface area contributed by atoms with E-state index in [2.05, 4.69) is 11.9 Å². The quantitative estimate of drug-likeness (QED) is 0.401. The van der Waals surface area contributed by atoms with Gasteiger partial charge < -0.3 is 10.5 Å². The molecule has 4 nitrogen and oxygen atoms in total. The minimum absolute atomic E-state index is 0.114. The number of aromatic nitrogens is 1. The van der Waals surface area contributed by atoms with Crippen LogP contribution in [0.3, 0.4) is 0 Å². The highest BCUT2D eigenvalue weighted by Gasteiger charge is 2.28. The predicted molar refractivity (Wildman–Crippen MR) is 104 cm³/mol. The Bertz CT molecular complexity index is 542. The highest BCUT2D eigenvalue weighted by molar-refractivity contribution is 7.80. The van der Waals surface area contributed by atoms with Gasteiger partial charge in [-0.15, -0.1) is 0 Å². The van der Waals surface area contributed by atoms with E-state index in [0.717, 1.165) is 18.8 Å². The summed E-state index contributed by atoms with van der Waals surface area (Å²) >= 11 is 5.05. The zero-order valence-electron chi connectivity index (χ0n) is 15.2. The van der Waals surface area contributed by atoms with Gasteiger partial charge in [0.15, 0.2) is 0 Å². The summed E-state index contributed by atoms with van der Waals surface area (Å²) in [6.07, 6.45) is 11.8. The molecule has 0 saturated heterocycles. The van der Waals surface area contributed by atoms with Crippen LogP contribution in [0.25, 0.3) is 0 Å². The number of nitrogens with two attached hydrogens (primary N) is 1. The Morgan fingerprint density at radius 3 is 2.60 bits per heavy atom. The Balaban J connectivity index is 1.77. The summed E-state index contributed by atoms with van der Waals surface area (Å²) in [6.45, 7) is 2.71. The van der Waals surface area contributed by atoms with E-state index >= 15 is 0 Å². The number of thiocarbonyl (C=S) groups is 1. The topological polar surface area (TPSA) is 65.2 Å². The van der Waals surface area contributed by atoms with Gasteiger partial charge in [-0.2, -0.15) is 0 Å². The molecule has 25 heavy (non-hydrogen) atoms. The van der Waals surface area contributed by atoms with Gasteiger partial charge in [0.1, 0.15) is 5.92 Å². The van der Waals surface area contributed by atoms with Crippen molar-refractivity contribution in [3.05, 3.63) is 30.1 Å². The van der Waals surface area contributed by atoms with Crippen LogP contribution in [0.4, 0.5) is 0 Å². The number of ether oxygens (including phenoxy) is 1. The van der Waals surface area contributed by atoms with Crippen LogP contribution >= 0.6 is 12.2 Å². The van der Waals surface area contributed by atoms with Crippen molar-refractivity contribution in [1.82, 2.24) is 4.98 Å². The molecule has 1 unspecified atom stereocenters. The van der Waals surface area contributed by atoms with E-state index in [-0.39, 0.29) is 11.0 Å². The summed E-state index contributed by atoms with van der Waals surface area (Å²) in [5, 5.41) is 0. The lowest BCUT2D eigenvalue weighted by Crippen LogP contribution is -2.30. The van der Waals surface area contributed by atoms with Crippen LogP contribution in [0, 0.1) is 11.8 Å². The number of pyridine rings is 1. The number of hydrogen-bond acceptors (Lipinski definition) is 4. The van der Waals surface area contributed by atoms with Crippen molar-refractivity contribution in [2.75, 3.05) is 6.61 Å². The number of carbonyl (C=O) groups excluding carboxylic acids is 1. The van der Waals surface area contributed by atoms with Crippen LogP contribution in [0.1, 0.15) is 69.9 Å². The zero-order chi connectivity index (χ0) is 18.1. The summed E-state index contributed by atoms with van der Waals surface area (Å²) < 4.78 is 5.55. The molecule has 1 aliphatic rings. The summed E-state index contributed by atoms with van der Waals surface area (Å²) in [6, 6.07) is 5.37. The maximum Gasteiger partial charge on any atom is 0.322 e. The molecule has 1 heterocycles. The number of nitrogens with zero attached hydrogens (tertiary/aromatic N) is 1. The Morgan fingerprint density at radius 2 is 2.00 bits per heavy atom. The van der Waals surface area contributed by atoms with Gasteiger partial charge >= 0.3 is 5.97 Å². The minimum Gasteiger partial charge on any atom is -0.465 e. The van der Waals surface area contributed by atoms with Gasteiger partial charge in [-0.3, -0.25) is 9.78 Å². The van der Waals surface area contributed by atoms with E-state index in [1.54, 1.807) is 18.3 Å². The van der Waals surface area contributed by atoms with Crippen molar-refractivity contribution in [1.29, 1.82) is 0 Å². The fourth-order valence-corrected chi connectivity index (χ4v) is 3.80. The molecule has 138 valence electrons. The second-order valence-corrected chi connectivity index (χ2v) is 7.57. The number of carbonyl (C=O) groups is 1. The Hall–Kier alpha value is -1.49. The molecule has 1 aliphatic carbocycles. The van der Waals surface area contributed by atoms with Gasteiger partial charge in [-0.25, -0.2) is 0 Å². The van der Waals surface area contributed by atoms with Crippen molar-refractivity contribution in [2.24, 2.45) is 17.6 Å². The van der Waals surface area contributed by atoms with Crippen LogP contribution < -0.4 is 5.73 Å². The van der Waals surface area contributed by atoms with Gasteiger partial charge in [-0.1, -0.05) is 63.7 Å². The second-order valence-electron chi connectivity index (χ2n) is 7.10. The lowest BCUT2D eigenvalue weighted by molar-refractivity contribution is -0.145. The Labute approximate surface area is 156 Å². The lowest BCUT2D eigenvalue weighted by atomic mass is 9.80. The first kappa shape index (κ1) is 19.8. The van der Waals surface area contributed by atoms with Crippen molar-refractivity contribution in [3.63, 3.8) is 0 Å². The molecular weight excluding hydrogens is 332 g/mol. The molecule has 2 rings (SSSR count). The summed E-state index contributed by atoms with van der Waals surface area (Å²) in [5.74, 6) is 0.191. The Morgan fingerprint density at radius 1 is 1.28 bits per heavy atom. The number of unbranched alkanes of at least 4 members (excludes halogenated alkanes) is 2. The van der Waals surface area contributed by atoms with E-state index in [9.17, 15) is 4.79 Å². The highest BCUT2D eigenvalue weighted by Crippen LogP contribution is 2.32. The maximum absolute atomic E-state index is 12.4. The molecule has 0 aliphatic heterocycles. The first-order chi connectivity index (χ1) is 12.1. The smallest absolute Gasteiger partial charge is 0.322 e. The fraction of sp³-hybridized carbons (Fsp3) is 0.650. The summed E-state index contributed by atoms with van der Waals surface area (Å²) in [7, 11) is 0. The summed E-state index contributed by atoms with van der Waals surface area (Å²) in [5.41, 5.74) is 6.30. The largest absolute Gasteiger partial charge is 0.465 e. The van der Waals surface area contributed by atoms with Crippen LogP contribution in [-0.2, 0) is 9.53 Å². The van der Waals surface area contributed by atoms with Crippen molar-refractivity contribution in [3.8, 4) is 0 Å². The van der Waals surface area contributed by atoms with E-state index in [1.807, 2.05) is 6.07 Å². The van der Waals surface area contributed by atoms with Crippen LogP contribution in [-0.4, -0.2) is 22.5 Å². The molecule has 1 saturated carbocycles. The molecule has 2 N–H and O–H groups in total. The third kappa shape index (κ3) is 6.38. The molecule has 0 spiro atoms. The first-order valence-electron chi connectivity index (χ1n) is 9.48. The number of hydrogen-bond donors (Lipinski definition) is 1. The van der Waals surface area contributed by atoms with Gasteiger partial charge in [-0.05, 0) is 36.8 Å². The van der Waals surface area contributed by atoms with Gasteiger partial charge in [0.25, 0.3) is 0 Å². The zero-order valence-corrected chi connectivity index (χ0v) is 16.0. The average Bonchev–Trinajstić information content (AvgIpc) is 2.62. The molecule has 1 aromatic heterocycles. The van der Waals surface area contributed by atoms with Crippen molar-refractivity contribution < 1.29 is 9.53 Å². The molecule has 1 fully saturated rings. The molecule has 0 amide bonds. The molecule has 0 aromatic carbocycles. The number of esters is 1. The van der Waals surface area contributed by atoms with E-state index in [0.29, 0.717) is 18.2 Å². The SMILES string of the molecule is CCCCC[C@H]1CC[C@H](COC(=O)C(C(N)=S)c2ccccn2)CC1. The predicted octanol–water partition coefficient (Wildman–Crippen LogP) is 4.38. The highest BCUT2D eigenvalue weighted by atomic mass is 32.1. The van der Waals surface area contributed by atoms with Crippen molar-refractivity contribution in [2.45, 2.75) is 64.2 Å². The van der Waals surface area contributed by atoms with Gasteiger partial charge in [0, 0.05) is 6.20 Å². The molecular formula is C20H30N2O2S. The van der Waals surface area contributed by atoms with Crippen molar-refractivity contribution >= 4 is 23.2 Å². The molecule has 0 bridgehead atoms. The van der Waals surface area contributed by atoms with E-state index < -0.39 is 5.92 Å². The third-order valence-electron chi connectivity index (χ3n) is 5.15.